The molecule has 0 bridgehead atoms. The summed E-state index contributed by atoms with van der Waals surface area (Å²) in [5.41, 5.74) is 0. The first kappa shape index (κ1) is 15.1. The minimum Gasteiger partial charge on any atom is -0.0625 e. The van der Waals surface area contributed by atoms with Crippen LogP contribution in [-0.4, -0.2) is 0 Å². The van der Waals surface area contributed by atoms with Crippen LogP contribution >= 0.6 is 0 Å². The van der Waals surface area contributed by atoms with Gasteiger partial charge in [-0.3, -0.25) is 0 Å². The molecule has 0 aromatic heterocycles. The first-order valence-corrected chi connectivity index (χ1v) is 8.29. The lowest BCUT2D eigenvalue weighted by Crippen LogP contribution is -1.96. The van der Waals surface area contributed by atoms with Crippen LogP contribution in [0.25, 0.3) is 0 Å². The van der Waals surface area contributed by atoms with Gasteiger partial charge in [0.1, 0.15) is 0 Å². The van der Waals surface area contributed by atoms with Gasteiger partial charge >= 0.3 is 0 Å². The Balaban J connectivity index is 0.000000202. The maximum absolute atomic E-state index is 2.42. The quantitative estimate of drug-likeness (QED) is 0.461. The van der Waals surface area contributed by atoms with Crippen LogP contribution < -0.4 is 0 Å². The van der Waals surface area contributed by atoms with Crippen molar-refractivity contribution in [3.8, 4) is 0 Å². The molecule has 17 heavy (non-hydrogen) atoms. The lowest BCUT2D eigenvalue weighted by molar-refractivity contribution is 0.414. The van der Waals surface area contributed by atoms with Crippen LogP contribution in [0.2, 0.25) is 0 Å². The number of hydrogen-bond donors (Lipinski definition) is 0. The highest BCUT2D eigenvalue weighted by atomic mass is 14.1. The smallest absolute Gasteiger partial charge is 0.0443 e. The van der Waals surface area contributed by atoms with Gasteiger partial charge in [0.25, 0.3) is 0 Å². The summed E-state index contributed by atoms with van der Waals surface area (Å²) in [7, 11) is 0. The van der Waals surface area contributed by atoms with E-state index in [1.165, 1.54) is 83.5 Å². The van der Waals surface area contributed by atoms with Crippen molar-refractivity contribution in [1.82, 2.24) is 0 Å². The Morgan fingerprint density at radius 2 is 0.647 bits per heavy atom. The molecule has 0 aromatic rings. The van der Waals surface area contributed by atoms with Gasteiger partial charge in [0, 0.05) is 0 Å². The fourth-order valence-electron chi connectivity index (χ4n) is 3.14. The first-order chi connectivity index (χ1) is 8.29. The van der Waals surface area contributed by atoms with Crippen LogP contribution in [0.15, 0.2) is 0 Å². The van der Waals surface area contributed by atoms with Crippen LogP contribution in [-0.2, 0) is 0 Å². The molecule has 2 fully saturated rings. The molecule has 0 spiro atoms. The van der Waals surface area contributed by atoms with E-state index in [2.05, 4.69) is 13.8 Å². The van der Waals surface area contributed by atoms with Crippen LogP contribution in [0.1, 0.15) is 97.3 Å². The lowest BCUT2D eigenvalue weighted by Gasteiger charge is -2.12. The van der Waals surface area contributed by atoms with E-state index in [9.17, 15) is 0 Å². The Hall–Kier alpha value is 0. The van der Waals surface area contributed by atoms with Gasteiger partial charge in [0.05, 0.1) is 0 Å². The van der Waals surface area contributed by atoms with Crippen molar-refractivity contribution < 1.29 is 0 Å². The maximum Gasteiger partial charge on any atom is -0.0443 e. The molecule has 2 saturated carbocycles. The van der Waals surface area contributed by atoms with Gasteiger partial charge in [-0.2, -0.15) is 0 Å². The molecule has 2 aliphatic rings. The summed E-state index contributed by atoms with van der Waals surface area (Å²) in [4.78, 5) is 0. The molecule has 0 heterocycles. The zero-order valence-electron chi connectivity index (χ0n) is 12.3. The molecule has 0 unspecified atom stereocenters. The van der Waals surface area contributed by atoms with Crippen molar-refractivity contribution in [1.29, 1.82) is 0 Å². The van der Waals surface area contributed by atoms with Crippen molar-refractivity contribution in [3.63, 3.8) is 0 Å². The second-order valence-corrected chi connectivity index (χ2v) is 6.55. The van der Waals surface area contributed by atoms with E-state index in [1.807, 2.05) is 0 Å². The Morgan fingerprint density at radius 1 is 0.412 bits per heavy atom. The highest BCUT2D eigenvalue weighted by molar-refractivity contribution is 4.60. The predicted molar refractivity (Wildman–Crippen MR) is 78.3 cm³/mol. The number of hydrogen-bond acceptors (Lipinski definition) is 0. The van der Waals surface area contributed by atoms with Crippen LogP contribution in [0.5, 0.6) is 0 Å². The van der Waals surface area contributed by atoms with Gasteiger partial charge in [-0.05, 0) is 11.8 Å². The molecule has 0 heteroatoms. The summed E-state index contributed by atoms with van der Waals surface area (Å²) in [5, 5.41) is 0. The lowest BCUT2D eigenvalue weighted by atomic mass is 9.94. The summed E-state index contributed by atoms with van der Waals surface area (Å²) in [6.07, 6.45) is 19.4. The summed E-state index contributed by atoms with van der Waals surface area (Å²) in [6, 6.07) is 0. The standard InChI is InChI=1S/C11H22.C6H12/c1-11-9-7-5-3-2-4-6-8-10-11;1-6-4-2-3-5-6/h11H,2-10H2,1H3;6H,2-5H2,1H3. The molecule has 0 amide bonds. The zero-order chi connectivity index (χ0) is 12.3. The van der Waals surface area contributed by atoms with Crippen LogP contribution in [0.3, 0.4) is 0 Å². The molecule has 0 radical (unpaired) electrons. The van der Waals surface area contributed by atoms with Gasteiger partial charge in [-0.15, -0.1) is 0 Å². The van der Waals surface area contributed by atoms with Crippen molar-refractivity contribution >= 4 is 0 Å². The number of rotatable bonds is 0. The zero-order valence-corrected chi connectivity index (χ0v) is 12.3. The highest BCUT2D eigenvalue weighted by Gasteiger charge is 2.07. The van der Waals surface area contributed by atoms with E-state index in [0.29, 0.717) is 0 Å². The normalized spacial score (nSPS) is 25.1. The summed E-state index contributed by atoms with van der Waals surface area (Å²) in [6.45, 7) is 4.76. The van der Waals surface area contributed by atoms with Gasteiger partial charge in [-0.25, -0.2) is 0 Å². The van der Waals surface area contributed by atoms with E-state index < -0.39 is 0 Å². The second-order valence-electron chi connectivity index (χ2n) is 6.55. The van der Waals surface area contributed by atoms with E-state index in [0.717, 1.165) is 11.8 Å². The monoisotopic (exact) mass is 238 g/mol. The fourth-order valence-corrected chi connectivity index (χ4v) is 3.14. The summed E-state index contributed by atoms with van der Waals surface area (Å²) >= 11 is 0. The molecule has 0 N–H and O–H groups in total. The van der Waals surface area contributed by atoms with E-state index in [-0.39, 0.29) is 0 Å². The Kier molecular flexibility index (Phi) is 8.83. The Morgan fingerprint density at radius 3 is 0.941 bits per heavy atom. The molecule has 0 aliphatic heterocycles. The molecule has 0 nitrogen and oxygen atoms in total. The van der Waals surface area contributed by atoms with Crippen molar-refractivity contribution in [3.05, 3.63) is 0 Å². The Bertz CT molecular complexity index is 145. The second kappa shape index (κ2) is 9.97. The summed E-state index contributed by atoms with van der Waals surface area (Å²) < 4.78 is 0. The van der Waals surface area contributed by atoms with Gasteiger partial charge in [0.2, 0.25) is 0 Å². The molecule has 0 saturated heterocycles. The molecular weight excluding hydrogens is 204 g/mol. The average Bonchev–Trinajstić information content (AvgIpc) is 2.80. The van der Waals surface area contributed by atoms with Gasteiger partial charge < -0.3 is 0 Å². The predicted octanol–water partition coefficient (Wildman–Crippen LogP) is 6.34. The topological polar surface area (TPSA) is 0 Å². The molecule has 0 aromatic carbocycles. The Labute approximate surface area is 110 Å². The van der Waals surface area contributed by atoms with Gasteiger partial charge in [-0.1, -0.05) is 97.3 Å². The largest absolute Gasteiger partial charge is 0.0625 e. The average molecular weight is 238 g/mol. The first-order valence-electron chi connectivity index (χ1n) is 8.29. The van der Waals surface area contributed by atoms with Crippen LogP contribution in [0.4, 0.5) is 0 Å². The minimum atomic E-state index is 1.01. The van der Waals surface area contributed by atoms with Gasteiger partial charge in [0.15, 0.2) is 0 Å². The van der Waals surface area contributed by atoms with Crippen molar-refractivity contribution in [2.24, 2.45) is 11.8 Å². The highest BCUT2D eigenvalue weighted by Crippen LogP contribution is 2.23. The SMILES string of the molecule is CC1CCCC1.CC1CCCCCCCCC1. The van der Waals surface area contributed by atoms with Crippen molar-refractivity contribution in [2.45, 2.75) is 97.3 Å². The molecule has 2 rings (SSSR count). The molecule has 102 valence electrons. The third-order valence-electron chi connectivity index (χ3n) is 4.54. The maximum atomic E-state index is 2.42. The van der Waals surface area contributed by atoms with E-state index in [1.54, 1.807) is 0 Å². The molecular formula is C17H34. The van der Waals surface area contributed by atoms with E-state index in [4.69, 9.17) is 0 Å². The van der Waals surface area contributed by atoms with Crippen molar-refractivity contribution in [2.75, 3.05) is 0 Å². The third kappa shape index (κ3) is 8.69. The summed E-state index contributed by atoms with van der Waals surface area (Å²) in [5.74, 6) is 2.05. The third-order valence-corrected chi connectivity index (χ3v) is 4.54. The van der Waals surface area contributed by atoms with E-state index >= 15 is 0 Å². The fraction of sp³-hybridized carbons (Fsp3) is 1.00. The molecule has 0 atom stereocenters. The molecule has 2 aliphatic carbocycles. The minimum absolute atomic E-state index is 1.01. The van der Waals surface area contributed by atoms with Crippen LogP contribution in [0, 0.1) is 11.8 Å².